The molecule has 1 N–H and O–H groups in total. The van der Waals surface area contributed by atoms with Crippen molar-refractivity contribution < 1.29 is 14.6 Å². The van der Waals surface area contributed by atoms with Gasteiger partial charge in [0.1, 0.15) is 11.9 Å². The monoisotopic (exact) mass is 281 g/mol. The van der Waals surface area contributed by atoms with Gasteiger partial charge < -0.3 is 14.4 Å². The first-order valence-corrected chi connectivity index (χ1v) is 7.15. The molecule has 0 radical (unpaired) electrons. The van der Waals surface area contributed by atoms with Crippen LogP contribution in [0.4, 0.5) is 0 Å². The van der Waals surface area contributed by atoms with E-state index in [1.807, 2.05) is 24.7 Å². The Bertz CT molecular complexity index is 439. The van der Waals surface area contributed by atoms with Crippen LogP contribution < -0.4 is 0 Å². The van der Waals surface area contributed by atoms with E-state index < -0.39 is 6.10 Å². The van der Waals surface area contributed by atoms with E-state index in [2.05, 4.69) is 9.88 Å². The third-order valence-electron chi connectivity index (χ3n) is 3.86. The number of nitrogens with zero attached hydrogens (tertiary/aromatic N) is 3. The number of hydrogen-bond acceptors (Lipinski definition) is 5. The molecule has 1 unspecified atom stereocenters. The molecule has 1 atom stereocenters. The second kappa shape index (κ2) is 6.85. The normalized spacial score (nSPS) is 18.9. The molecule has 0 amide bonds. The summed E-state index contributed by atoms with van der Waals surface area (Å²) in [4.78, 5) is 17.7. The van der Waals surface area contributed by atoms with Gasteiger partial charge in [-0.2, -0.15) is 0 Å². The van der Waals surface area contributed by atoms with Gasteiger partial charge in [-0.1, -0.05) is 0 Å². The SMILES string of the molecule is CCOC(=O)CN1CCC(C(O)c2nccn2C)CC1. The highest BCUT2D eigenvalue weighted by Crippen LogP contribution is 2.29. The smallest absolute Gasteiger partial charge is 0.320 e. The molecule has 1 aromatic heterocycles. The highest BCUT2D eigenvalue weighted by atomic mass is 16.5. The molecule has 6 heteroatoms. The second-order valence-corrected chi connectivity index (χ2v) is 5.26. The average molecular weight is 281 g/mol. The third-order valence-corrected chi connectivity index (χ3v) is 3.86. The number of ether oxygens (including phenoxy) is 1. The molecule has 0 aromatic carbocycles. The lowest BCUT2D eigenvalue weighted by Gasteiger charge is -2.33. The van der Waals surface area contributed by atoms with Crippen LogP contribution in [-0.2, 0) is 16.6 Å². The number of rotatable bonds is 5. The molecule has 0 spiro atoms. The van der Waals surface area contributed by atoms with Crippen molar-refractivity contribution in [3.8, 4) is 0 Å². The Kier molecular flexibility index (Phi) is 5.14. The molecular weight excluding hydrogens is 258 g/mol. The fraction of sp³-hybridized carbons (Fsp3) is 0.714. The van der Waals surface area contributed by atoms with E-state index in [1.165, 1.54) is 0 Å². The number of aromatic nitrogens is 2. The number of carbonyl (C=O) groups excluding carboxylic acids is 1. The Morgan fingerprint density at radius 2 is 2.25 bits per heavy atom. The zero-order chi connectivity index (χ0) is 14.5. The second-order valence-electron chi connectivity index (χ2n) is 5.26. The zero-order valence-corrected chi connectivity index (χ0v) is 12.2. The van der Waals surface area contributed by atoms with Crippen LogP contribution in [0.1, 0.15) is 31.7 Å². The predicted octanol–water partition coefficient (Wildman–Crippen LogP) is 0.729. The first-order valence-electron chi connectivity index (χ1n) is 7.15. The van der Waals surface area contributed by atoms with Gasteiger partial charge in [0.05, 0.1) is 13.2 Å². The summed E-state index contributed by atoms with van der Waals surface area (Å²) < 4.78 is 6.81. The molecule has 0 bridgehead atoms. The van der Waals surface area contributed by atoms with Crippen molar-refractivity contribution >= 4 is 5.97 Å². The van der Waals surface area contributed by atoms with Gasteiger partial charge in [-0.25, -0.2) is 4.98 Å². The molecule has 112 valence electrons. The van der Waals surface area contributed by atoms with Crippen molar-refractivity contribution in [3.05, 3.63) is 18.2 Å². The van der Waals surface area contributed by atoms with Crippen LogP contribution in [0.2, 0.25) is 0 Å². The van der Waals surface area contributed by atoms with E-state index in [0.29, 0.717) is 19.0 Å². The van der Waals surface area contributed by atoms with E-state index in [9.17, 15) is 9.90 Å². The van der Waals surface area contributed by atoms with Crippen LogP contribution in [0.15, 0.2) is 12.4 Å². The number of piperidine rings is 1. The maximum atomic E-state index is 11.4. The highest BCUT2D eigenvalue weighted by Gasteiger charge is 2.29. The van der Waals surface area contributed by atoms with E-state index >= 15 is 0 Å². The largest absolute Gasteiger partial charge is 0.465 e. The highest BCUT2D eigenvalue weighted by molar-refractivity contribution is 5.71. The molecule has 1 aromatic rings. The van der Waals surface area contributed by atoms with E-state index in [0.717, 1.165) is 25.9 Å². The Hall–Kier alpha value is -1.40. The van der Waals surface area contributed by atoms with Crippen LogP contribution >= 0.6 is 0 Å². The standard InChI is InChI=1S/C14H23N3O3/c1-3-20-12(18)10-17-7-4-11(5-8-17)13(19)14-15-6-9-16(14)2/h6,9,11,13,19H,3-5,7-8,10H2,1-2H3. The van der Waals surface area contributed by atoms with Crippen LogP contribution in [0.3, 0.4) is 0 Å². The van der Waals surface area contributed by atoms with Gasteiger partial charge in [0.15, 0.2) is 0 Å². The van der Waals surface area contributed by atoms with E-state index in [4.69, 9.17) is 4.74 Å². The molecule has 0 aliphatic carbocycles. The number of likely N-dealkylation sites (tertiary alicyclic amines) is 1. The quantitative estimate of drug-likeness (QED) is 0.806. The fourth-order valence-corrected chi connectivity index (χ4v) is 2.69. The summed E-state index contributed by atoms with van der Waals surface area (Å²) >= 11 is 0. The first-order chi connectivity index (χ1) is 9.61. The summed E-state index contributed by atoms with van der Waals surface area (Å²) in [6.07, 6.45) is 4.75. The molecule has 2 heterocycles. The molecule has 1 aliphatic rings. The van der Waals surface area contributed by atoms with Crippen LogP contribution in [0.25, 0.3) is 0 Å². The Balaban J connectivity index is 1.82. The van der Waals surface area contributed by atoms with Crippen molar-refractivity contribution in [2.24, 2.45) is 13.0 Å². The van der Waals surface area contributed by atoms with Crippen molar-refractivity contribution in [3.63, 3.8) is 0 Å². The number of aryl methyl sites for hydroxylation is 1. The fourth-order valence-electron chi connectivity index (χ4n) is 2.69. The maximum Gasteiger partial charge on any atom is 0.320 e. The Morgan fingerprint density at radius 1 is 1.55 bits per heavy atom. The topological polar surface area (TPSA) is 67.6 Å². The van der Waals surface area contributed by atoms with Gasteiger partial charge in [0.2, 0.25) is 0 Å². The van der Waals surface area contributed by atoms with Crippen molar-refractivity contribution in [1.82, 2.24) is 14.5 Å². The van der Waals surface area contributed by atoms with Gasteiger partial charge >= 0.3 is 5.97 Å². The Morgan fingerprint density at radius 3 is 2.80 bits per heavy atom. The minimum atomic E-state index is -0.528. The van der Waals surface area contributed by atoms with Crippen molar-refractivity contribution in [1.29, 1.82) is 0 Å². The summed E-state index contributed by atoms with van der Waals surface area (Å²) in [5, 5.41) is 10.4. The summed E-state index contributed by atoms with van der Waals surface area (Å²) in [5.41, 5.74) is 0. The van der Waals surface area contributed by atoms with Crippen LogP contribution in [-0.4, -0.2) is 51.8 Å². The minimum Gasteiger partial charge on any atom is -0.465 e. The number of aliphatic hydroxyl groups is 1. The zero-order valence-electron chi connectivity index (χ0n) is 12.2. The van der Waals surface area contributed by atoms with Crippen molar-refractivity contribution in [2.75, 3.05) is 26.2 Å². The molecule has 2 rings (SSSR count). The number of aliphatic hydroxyl groups excluding tert-OH is 1. The lowest BCUT2D eigenvalue weighted by molar-refractivity contribution is -0.144. The lowest BCUT2D eigenvalue weighted by Crippen LogP contribution is -2.39. The Labute approximate surface area is 119 Å². The van der Waals surface area contributed by atoms with Gasteiger partial charge in [-0.15, -0.1) is 0 Å². The average Bonchev–Trinajstić information content (AvgIpc) is 2.85. The number of hydrogen-bond donors (Lipinski definition) is 1. The number of carbonyl (C=O) groups is 1. The number of imidazole rings is 1. The molecule has 1 aliphatic heterocycles. The van der Waals surface area contributed by atoms with Crippen molar-refractivity contribution in [2.45, 2.75) is 25.9 Å². The third kappa shape index (κ3) is 3.58. The summed E-state index contributed by atoms with van der Waals surface area (Å²) in [6, 6.07) is 0. The maximum absolute atomic E-state index is 11.4. The summed E-state index contributed by atoms with van der Waals surface area (Å²) in [5.74, 6) is 0.749. The van der Waals surface area contributed by atoms with Crippen LogP contribution in [0, 0.1) is 5.92 Å². The van der Waals surface area contributed by atoms with Crippen LogP contribution in [0.5, 0.6) is 0 Å². The summed E-state index contributed by atoms with van der Waals surface area (Å²) in [7, 11) is 1.89. The molecule has 0 saturated carbocycles. The molecule has 6 nitrogen and oxygen atoms in total. The van der Waals surface area contributed by atoms with Gasteiger partial charge in [-0.3, -0.25) is 9.69 Å². The molecule has 1 fully saturated rings. The molecule has 20 heavy (non-hydrogen) atoms. The van der Waals surface area contributed by atoms with E-state index in [1.54, 1.807) is 6.20 Å². The summed E-state index contributed by atoms with van der Waals surface area (Å²) in [6.45, 7) is 4.20. The molecule has 1 saturated heterocycles. The predicted molar refractivity (Wildman–Crippen MR) is 74.0 cm³/mol. The first kappa shape index (κ1) is 15.0. The van der Waals surface area contributed by atoms with Gasteiger partial charge in [0, 0.05) is 19.4 Å². The molecular formula is C14H23N3O3. The minimum absolute atomic E-state index is 0.171. The lowest BCUT2D eigenvalue weighted by atomic mass is 9.91. The van der Waals surface area contributed by atoms with Gasteiger partial charge in [0.25, 0.3) is 0 Å². The van der Waals surface area contributed by atoms with E-state index in [-0.39, 0.29) is 11.9 Å². The van der Waals surface area contributed by atoms with Gasteiger partial charge in [-0.05, 0) is 38.8 Å². The number of esters is 1.